The van der Waals surface area contributed by atoms with Crippen LogP contribution < -0.4 is 15.0 Å². The third-order valence-electron chi connectivity index (χ3n) is 10.1. The van der Waals surface area contributed by atoms with Crippen molar-refractivity contribution in [3.63, 3.8) is 0 Å². The van der Waals surface area contributed by atoms with Crippen LogP contribution >= 0.6 is 11.6 Å². The molecule has 3 fully saturated rings. The summed E-state index contributed by atoms with van der Waals surface area (Å²) in [7, 11) is 0. The third-order valence-corrected chi connectivity index (χ3v) is 10.5. The van der Waals surface area contributed by atoms with Crippen molar-refractivity contribution in [2.24, 2.45) is 0 Å². The fraction of sp³-hybridized carbons (Fsp3) is 0.633. The first-order valence-corrected chi connectivity index (χ1v) is 14.9. The predicted octanol–water partition coefficient (Wildman–Crippen LogP) is 4.20. The SMILES string of the molecule is N#CC[C@H]1CN(c2nc(OCC34CCCN3CCC4)nc3c2CC[C@@]2(CCc4c(Cl)cccc42)C3)CCN1. The van der Waals surface area contributed by atoms with Gasteiger partial charge < -0.3 is 15.0 Å². The van der Waals surface area contributed by atoms with Crippen LogP contribution in [-0.4, -0.2) is 65.8 Å². The van der Waals surface area contributed by atoms with Crippen molar-refractivity contribution in [1.82, 2.24) is 20.2 Å². The minimum absolute atomic E-state index is 0.0926. The fourth-order valence-corrected chi connectivity index (χ4v) is 8.44. The van der Waals surface area contributed by atoms with Crippen molar-refractivity contribution < 1.29 is 4.74 Å². The fourth-order valence-electron chi connectivity index (χ4n) is 8.17. The van der Waals surface area contributed by atoms with Gasteiger partial charge in [0.25, 0.3) is 0 Å². The van der Waals surface area contributed by atoms with E-state index < -0.39 is 0 Å². The zero-order valence-corrected chi connectivity index (χ0v) is 22.9. The average molecular weight is 533 g/mol. The number of piperazine rings is 1. The van der Waals surface area contributed by atoms with Gasteiger partial charge in [-0.1, -0.05) is 23.7 Å². The molecule has 200 valence electrons. The van der Waals surface area contributed by atoms with E-state index in [1.165, 1.54) is 55.5 Å². The molecule has 7 nitrogen and oxygen atoms in total. The van der Waals surface area contributed by atoms with Crippen LogP contribution in [0.3, 0.4) is 0 Å². The Labute approximate surface area is 230 Å². The molecule has 2 atom stereocenters. The molecule has 38 heavy (non-hydrogen) atoms. The molecule has 7 rings (SSSR count). The van der Waals surface area contributed by atoms with Gasteiger partial charge in [-0.25, -0.2) is 0 Å². The highest BCUT2D eigenvalue weighted by Crippen LogP contribution is 2.50. The summed E-state index contributed by atoms with van der Waals surface area (Å²) in [6, 6.07) is 9.45. The Bertz CT molecular complexity index is 1270. The number of hydrogen-bond donors (Lipinski definition) is 1. The molecule has 4 heterocycles. The van der Waals surface area contributed by atoms with Crippen LogP contribution in [0.1, 0.15) is 67.3 Å². The zero-order chi connectivity index (χ0) is 25.7. The number of aromatic nitrogens is 2. The molecular weight excluding hydrogens is 496 g/mol. The lowest BCUT2D eigenvalue weighted by molar-refractivity contribution is 0.107. The van der Waals surface area contributed by atoms with E-state index in [-0.39, 0.29) is 17.0 Å². The van der Waals surface area contributed by atoms with E-state index in [0.29, 0.717) is 19.0 Å². The van der Waals surface area contributed by atoms with Gasteiger partial charge in [-0.3, -0.25) is 4.90 Å². The van der Waals surface area contributed by atoms with E-state index in [2.05, 4.69) is 33.3 Å². The molecule has 0 radical (unpaired) electrons. The molecule has 1 aromatic heterocycles. The number of nitriles is 1. The van der Waals surface area contributed by atoms with Gasteiger partial charge in [0.15, 0.2) is 0 Å². The largest absolute Gasteiger partial charge is 0.461 e. The van der Waals surface area contributed by atoms with Crippen LogP contribution in [-0.2, 0) is 24.7 Å². The molecule has 2 aromatic rings. The van der Waals surface area contributed by atoms with Crippen molar-refractivity contribution >= 4 is 17.4 Å². The van der Waals surface area contributed by atoms with Gasteiger partial charge in [0, 0.05) is 41.7 Å². The Morgan fingerprint density at radius 3 is 2.71 bits per heavy atom. The second-order valence-corrected chi connectivity index (χ2v) is 12.6. The molecule has 0 amide bonds. The van der Waals surface area contributed by atoms with Gasteiger partial charge in [-0.15, -0.1) is 0 Å². The molecular formula is C30H37ClN6O. The summed E-state index contributed by atoms with van der Waals surface area (Å²) < 4.78 is 6.53. The molecule has 0 unspecified atom stereocenters. The first kappa shape index (κ1) is 24.6. The summed E-state index contributed by atoms with van der Waals surface area (Å²) in [5, 5.41) is 13.7. The Hall–Kier alpha value is -2.40. The van der Waals surface area contributed by atoms with Gasteiger partial charge in [0.2, 0.25) is 0 Å². The summed E-state index contributed by atoms with van der Waals surface area (Å²) in [6.45, 7) is 5.57. The van der Waals surface area contributed by atoms with Crippen LogP contribution in [0.15, 0.2) is 18.2 Å². The molecule has 0 bridgehead atoms. The van der Waals surface area contributed by atoms with Gasteiger partial charge in [0.05, 0.1) is 23.7 Å². The molecule has 1 spiro atoms. The van der Waals surface area contributed by atoms with E-state index in [1.54, 1.807) is 0 Å². The maximum Gasteiger partial charge on any atom is 0.318 e. The average Bonchev–Trinajstić information content (AvgIpc) is 3.61. The summed E-state index contributed by atoms with van der Waals surface area (Å²) in [4.78, 5) is 15.2. The van der Waals surface area contributed by atoms with Gasteiger partial charge in [0.1, 0.15) is 12.4 Å². The lowest BCUT2D eigenvalue weighted by Gasteiger charge is -2.39. The normalized spacial score (nSPS) is 27.7. The molecule has 8 heteroatoms. The quantitative estimate of drug-likeness (QED) is 0.618. The van der Waals surface area contributed by atoms with Crippen LogP contribution in [0, 0.1) is 11.3 Å². The van der Waals surface area contributed by atoms with Crippen LogP contribution in [0.5, 0.6) is 6.01 Å². The number of nitrogens with one attached hydrogen (secondary N) is 1. The Balaban J connectivity index is 1.23. The van der Waals surface area contributed by atoms with Crippen LogP contribution in [0.25, 0.3) is 0 Å². The van der Waals surface area contributed by atoms with Crippen molar-refractivity contribution in [2.75, 3.05) is 44.2 Å². The van der Waals surface area contributed by atoms with Crippen molar-refractivity contribution in [3.05, 3.63) is 45.6 Å². The van der Waals surface area contributed by atoms with Crippen molar-refractivity contribution in [3.8, 4) is 12.1 Å². The highest BCUT2D eigenvalue weighted by Gasteiger charge is 2.46. The number of ether oxygens (including phenoxy) is 1. The smallest absolute Gasteiger partial charge is 0.318 e. The zero-order valence-electron chi connectivity index (χ0n) is 22.1. The molecule has 0 saturated carbocycles. The number of hydrogen-bond acceptors (Lipinski definition) is 7. The Morgan fingerprint density at radius 2 is 1.89 bits per heavy atom. The molecule has 1 N–H and O–H groups in total. The number of halogens is 1. The first-order valence-electron chi connectivity index (χ1n) is 14.5. The molecule has 5 aliphatic rings. The second kappa shape index (κ2) is 9.66. The second-order valence-electron chi connectivity index (χ2n) is 12.1. The van der Waals surface area contributed by atoms with E-state index in [4.69, 9.17) is 26.3 Å². The summed E-state index contributed by atoms with van der Waals surface area (Å²) >= 11 is 6.63. The standard InChI is InChI=1S/C30H37ClN6O/c31-25-5-1-4-24-22(25)6-11-29(24)12-7-23-26(18-29)34-28(38-20-30-9-2-15-37(30)16-3-10-30)35-27(23)36-17-14-33-21(19-36)8-13-32/h1,4-5,21,33H,2-3,6-12,14-20H2/t21-,29-/m0/s1. The van der Waals surface area contributed by atoms with Gasteiger partial charge in [-0.05, 0) is 88.1 Å². The maximum absolute atomic E-state index is 9.31. The first-order chi connectivity index (χ1) is 18.6. The summed E-state index contributed by atoms with van der Waals surface area (Å²) in [5.74, 6) is 1.03. The van der Waals surface area contributed by atoms with E-state index in [1.807, 2.05) is 6.07 Å². The maximum atomic E-state index is 9.31. The highest BCUT2D eigenvalue weighted by atomic mass is 35.5. The minimum Gasteiger partial charge on any atom is -0.461 e. The lowest BCUT2D eigenvalue weighted by Crippen LogP contribution is -2.51. The van der Waals surface area contributed by atoms with E-state index in [0.717, 1.165) is 68.3 Å². The summed E-state index contributed by atoms with van der Waals surface area (Å²) in [5.41, 5.74) is 5.42. The monoisotopic (exact) mass is 532 g/mol. The van der Waals surface area contributed by atoms with E-state index in [9.17, 15) is 5.26 Å². The minimum atomic E-state index is 0.0926. The number of nitrogens with zero attached hydrogens (tertiary/aromatic N) is 5. The number of rotatable bonds is 5. The molecule has 3 saturated heterocycles. The highest BCUT2D eigenvalue weighted by molar-refractivity contribution is 6.31. The van der Waals surface area contributed by atoms with Crippen molar-refractivity contribution in [1.29, 1.82) is 5.26 Å². The Kier molecular flexibility index (Phi) is 6.26. The predicted molar refractivity (Wildman–Crippen MR) is 148 cm³/mol. The van der Waals surface area contributed by atoms with Crippen LogP contribution in [0.4, 0.5) is 5.82 Å². The van der Waals surface area contributed by atoms with E-state index >= 15 is 0 Å². The number of benzene rings is 1. The molecule has 3 aliphatic heterocycles. The Morgan fingerprint density at radius 1 is 1.08 bits per heavy atom. The number of anilines is 1. The lowest BCUT2D eigenvalue weighted by atomic mass is 9.69. The van der Waals surface area contributed by atoms with Gasteiger partial charge >= 0.3 is 6.01 Å². The summed E-state index contributed by atoms with van der Waals surface area (Å²) in [6.07, 6.45) is 10.6. The van der Waals surface area contributed by atoms with Crippen LogP contribution in [0.2, 0.25) is 5.02 Å². The van der Waals surface area contributed by atoms with Gasteiger partial charge in [-0.2, -0.15) is 15.2 Å². The molecule has 2 aliphatic carbocycles. The molecule has 1 aromatic carbocycles. The van der Waals surface area contributed by atoms with Crippen molar-refractivity contribution in [2.45, 2.75) is 81.2 Å². The number of fused-ring (bicyclic) bond motifs is 4. The topological polar surface area (TPSA) is 77.3 Å². The third kappa shape index (κ3) is 4.08.